The summed E-state index contributed by atoms with van der Waals surface area (Å²) in [5.41, 5.74) is 0.931. The highest BCUT2D eigenvalue weighted by molar-refractivity contribution is 5.82. The molecular formula is C25H43N3O3. The molecule has 6 nitrogen and oxygen atoms in total. The van der Waals surface area contributed by atoms with Crippen LogP contribution in [0.1, 0.15) is 83.6 Å². The first kappa shape index (κ1) is 27.0. The number of hydrogen-bond donors (Lipinski definition) is 3. The minimum absolute atomic E-state index is 0.0640. The van der Waals surface area contributed by atoms with E-state index in [4.69, 9.17) is 4.74 Å². The lowest BCUT2D eigenvalue weighted by molar-refractivity contribution is -0.123. The molecule has 0 fully saturated rings. The van der Waals surface area contributed by atoms with E-state index >= 15 is 0 Å². The second kappa shape index (κ2) is 18.7. The monoisotopic (exact) mass is 433 g/mol. The van der Waals surface area contributed by atoms with E-state index in [0.717, 1.165) is 37.8 Å². The third-order valence-corrected chi connectivity index (χ3v) is 5.23. The van der Waals surface area contributed by atoms with Crippen molar-refractivity contribution in [1.29, 1.82) is 0 Å². The van der Waals surface area contributed by atoms with E-state index < -0.39 is 12.1 Å². The first-order valence-corrected chi connectivity index (χ1v) is 12.1. The second-order valence-corrected chi connectivity index (χ2v) is 8.07. The maximum absolute atomic E-state index is 12.6. The van der Waals surface area contributed by atoms with Gasteiger partial charge in [-0.2, -0.15) is 0 Å². The Kier molecular flexibility index (Phi) is 16.2. The molecular weight excluding hydrogens is 390 g/mol. The zero-order chi connectivity index (χ0) is 22.6. The molecule has 0 heterocycles. The molecule has 0 aliphatic carbocycles. The molecule has 176 valence electrons. The smallest absolute Gasteiger partial charge is 0.407 e. The summed E-state index contributed by atoms with van der Waals surface area (Å²) in [5, 5.41) is 9.04. The second-order valence-electron chi connectivity index (χ2n) is 8.07. The zero-order valence-corrected chi connectivity index (χ0v) is 19.6. The highest BCUT2D eigenvalue weighted by atomic mass is 16.5. The summed E-state index contributed by atoms with van der Waals surface area (Å²) in [6.07, 6.45) is 11.2. The van der Waals surface area contributed by atoms with Gasteiger partial charge in [-0.15, -0.1) is 0 Å². The average Bonchev–Trinajstić information content (AvgIpc) is 2.79. The molecule has 0 unspecified atom stereocenters. The lowest BCUT2D eigenvalue weighted by atomic mass is 10.1. The SMILES string of the molecule is CCCCCCCCN[C@@H](CNC(=O)OCc1ccccc1)C(=O)NCCCCCC. The molecule has 6 heteroatoms. The third-order valence-electron chi connectivity index (χ3n) is 5.23. The molecule has 1 atom stereocenters. The van der Waals surface area contributed by atoms with Crippen LogP contribution in [-0.2, 0) is 16.1 Å². The van der Waals surface area contributed by atoms with E-state index in [1.165, 1.54) is 38.5 Å². The predicted molar refractivity (Wildman–Crippen MR) is 127 cm³/mol. The van der Waals surface area contributed by atoms with Crippen molar-refractivity contribution in [2.24, 2.45) is 0 Å². The average molecular weight is 434 g/mol. The number of ether oxygens (including phenoxy) is 1. The van der Waals surface area contributed by atoms with Gasteiger partial charge in [0.1, 0.15) is 12.6 Å². The van der Waals surface area contributed by atoms with Crippen LogP contribution >= 0.6 is 0 Å². The summed E-state index contributed by atoms with van der Waals surface area (Å²) in [6, 6.07) is 9.10. The summed E-state index contributed by atoms with van der Waals surface area (Å²) in [6.45, 7) is 6.25. The van der Waals surface area contributed by atoms with Crippen molar-refractivity contribution < 1.29 is 14.3 Å². The highest BCUT2D eigenvalue weighted by Crippen LogP contribution is 2.04. The van der Waals surface area contributed by atoms with Crippen molar-refractivity contribution in [1.82, 2.24) is 16.0 Å². The Morgan fingerprint density at radius 3 is 2.13 bits per heavy atom. The molecule has 1 aromatic rings. The maximum atomic E-state index is 12.6. The third kappa shape index (κ3) is 14.5. The largest absolute Gasteiger partial charge is 0.445 e. The van der Waals surface area contributed by atoms with Gasteiger partial charge in [-0.25, -0.2) is 4.79 Å². The number of carbonyl (C=O) groups excluding carboxylic acids is 2. The summed E-state index contributed by atoms with van der Waals surface area (Å²) < 4.78 is 5.25. The number of amides is 2. The molecule has 0 aromatic heterocycles. The molecule has 0 aliphatic heterocycles. The van der Waals surface area contributed by atoms with Gasteiger partial charge in [0.2, 0.25) is 5.91 Å². The minimum Gasteiger partial charge on any atom is -0.445 e. The molecule has 3 N–H and O–H groups in total. The van der Waals surface area contributed by atoms with Crippen molar-refractivity contribution in [2.45, 2.75) is 90.7 Å². The molecule has 0 spiro atoms. The van der Waals surface area contributed by atoms with E-state index in [1.807, 2.05) is 30.3 Å². The van der Waals surface area contributed by atoms with Gasteiger partial charge >= 0.3 is 6.09 Å². The van der Waals surface area contributed by atoms with Crippen molar-refractivity contribution >= 4 is 12.0 Å². The fraction of sp³-hybridized carbons (Fsp3) is 0.680. The van der Waals surface area contributed by atoms with E-state index in [0.29, 0.717) is 6.54 Å². The van der Waals surface area contributed by atoms with Gasteiger partial charge < -0.3 is 20.7 Å². The molecule has 0 radical (unpaired) electrons. The Bertz CT molecular complexity index is 581. The number of alkyl carbamates (subject to hydrolysis) is 1. The highest BCUT2D eigenvalue weighted by Gasteiger charge is 2.18. The van der Waals surface area contributed by atoms with Gasteiger partial charge in [0, 0.05) is 13.1 Å². The fourth-order valence-corrected chi connectivity index (χ4v) is 3.29. The Hall–Kier alpha value is -2.08. The van der Waals surface area contributed by atoms with Gasteiger partial charge in [0.05, 0.1) is 0 Å². The molecule has 0 bridgehead atoms. The number of nitrogens with one attached hydrogen (secondary N) is 3. The zero-order valence-electron chi connectivity index (χ0n) is 19.6. The van der Waals surface area contributed by atoms with Crippen molar-refractivity contribution in [3.63, 3.8) is 0 Å². The van der Waals surface area contributed by atoms with Crippen LogP contribution in [0, 0.1) is 0 Å². The number of hydrogen-bond acceptors (Lipinski definition) is 4. The molecule has 0 aliphatic rings. The van der Waals surface area contributed by atoms with Crippen LogP contribution in [0.3, 0.4) is 0 Å². The quantitative estimate of drug-likeness (QED) is 0.287. The van der Waals surface area contributed by atoms with E-state index in [2.05, 4.69) is 29.8 Å². The van der Waals surface area contributed by atoms with Gasteiger partial charge in [0.15, 0.2) is 0 Å². The summed E-state index contributed by atoms with van der Waals surface area (Å²) >= 11 is 0. The number of unbranched alkanes of at least 4 members (excludes halogenated alkanes) is 8. The van der Waals surface area contributed by atoms with Crippen LogP contribution in [0.5, 0.6) is 0 Å². The number of carbonyl (C=O) groups is 2. The van der Waals surface area contributed by atoms with E-state index in [1.54, 1.807) is 0 Å². The van der Waals surface area contributed by atoms with Crippen LogP contribution < -0.4 is 16.0 Å². The lowest BCUT2D eigenvalue weighted by Crippen LogP contribution is -2.51. The van der Waals surface area contributed by atoms with Gasteiger partial charge in [-0.1, -0.05) is 95.5 Å². The van der Waals surface area contributed by atoms with Gasteiger partial charge in [-0.3, -0.25) is 4.79 Å². The summed E-state index contributed by atoms with van der Waals surface area (Å²) in [7, 11) is 0. The van der Waals surface area contributed by atoms with Gasteiger partial charge in [0.25, 0.3) is 0 Å². The normalized spacial score (nSPS) is 11.7. The molecule has 2 amide bonds. The van der Waals surface area contributed by atoms with Crippen molar-refractivity contribution in [2.75, 3.05) is 19.6 Å². The van der Waals surface area contributed by atoms with Crippen LogP contribution in [0.4, 0.5) is 4.79 Å². The summed E-state index contributed by atoms with van der Waals surface area (Å²) in [4.78, 5) is 24.7. The topological polar surface area (TPSA) is 79.5 Å². The van der Waals surface area contributed by atoms with Gasteiger partial charge in [-0.05, 0) is 24.9 Å². The molecule has 1 rings (SSSR count). The van der Waals surface area contributed by atoms with Crippen LogP contribution in [0.15, 0.2) is 30.3 Å². The molecule has 31 heavy (non-hydrogen) atoms. The van der Waals surface area contributed by atoms with E-state index in [9.17, 15) is 9.59 Å². The maximum Gasteiger partial charge on any atom is 0.407 e. The minimum atomic E-state index is -0.508. The Morgan fingerprint density at radius 1 is 0.806 bits per heavy atom. The Morgan fingerprint density at radius 2 is 1.42 bits per heavy atom. The molecule has 1 aromatic carbocycles. The van der Waals surface area contributed by atoms with Crippen LogP contribution in [-0.4, -0.2) is 37.7 Å². The number of benzene rings is 1. The fourth-order valence-electron chi connectivity index (χ4n) is 3.29. The first-order valence-electron chi connectivity index (χ1n) is 12.1. The van der Waals surface area contributed by atoms with Crippen LogP contribution in [0.25, 0.3) is 0 Å². The summed E-state index contributed by atoms with van der Waals surface area (Å²) in [5.74, 6) is -0.0640. The standard InChI is InChI=1S/C25H43N3O3/c1-3-5-7-9-10-15-18-26-23(24(29)27-19-14-8-6-4-2)20-28-25(30)31-21-22-16-12-11-13-17-22/h11-13,16-17,23,26H,3-10,14-15,18-21H2,1-2H3,(H,27,29)(H,28,30)/t23-/m0/s1. The Balaban J connectivity index is 2.36. The van der Waals surface area contributed by atoms with Crippen LogP contribution in [0.2, 0.25) is 0 Å². The van der Waals surface area contributed by atoms with Crippen molar-refractivity contribution in [3.05, 3.63) is 35.9 Å². The number of rotatable bonds is 18. The Labute approximate surface area is 188 Å². The lowest BCUT2D eigenvalue weighted by Gasteiger charge is -2.19. The van der Waals surface area contributed by atoms with Crippen molar-refractivity contribution in [3.8, 4) is 0 Å². The molecule has 0 saturated carbocycles. The first-order chi connectivity index (χ1) is 15.2. The predicted octanol–water partition coefficient (Wildman–Crippen LogP) is 4.93. The van der Waals surface area contributed by atoms with E-state index in [-0.39, 0.29) is 19.1 Å². The molecule has 0 saturated heterocycles.